The van der Waals surface area contributed by atoms with Crippen LogP contribution in [-0.2, 0) is 16.7 Å². The Hall–Kier alpha value is -1.07. The first-order chi connectivity index (χ1) is 6.95. The molecule has 0 aliphatic carbocycles. The first-order valence-electron chi connectivity index (χ1n) is 4.66. The average molecular weight is 229 g/mol. The van der Waals surface area contributed by atoms with Gasteiger partial charge in [-0.3, -0.25) is 0 Å². The zero-order chi connectivity index (χ0) is 11.5. The zero-order valence-electron chi connectivity index (χ0n) is 9.10. The summed E-state index contributed by atoms with van der Waals surface area (Å²) in [5.74, 6) is 0.350. The zero-order valence-corrected chi connectivity index (χ0v) is 9.91. The van der Waals surface area contributed by atoms with Crippen LogP contribution >= 0.6 is 0 Å². The number of aryl methyl sites for hydroxylation is 1. The van der Waals surface area contributed by atoms with Crippen molar-refractivity contribution in [3.8, 4) is 5.75 Å². The van der Waals surface area contributed by atoms with Crippen molar-refractivity contribution in [1.29, 1.82) is 0 Å². The van der Waals surface area contributed by atoms with Crippen LogP contribution in [0.15, 0.2) is 24.3 Å². The molecule has 0 N–H and O–H groups in total. The first kappa shape index (κ1) is 12.0. The molecule has 0 aliphatic rings. The Morgan fingerprint density at radius 1 is 1.33 bits per heavy atom. The quantitative estimate of drug-likeness (QED) is 0.784. The lowest BCUT2D eigenvalue weighted by Gasteiger charge is -2.12. The standard InChI is InChI=1S/C10H15NO3S/c1-4-9-6-5-7-10(8-9)14-15(12,13)11(2)3/h5-8H,4H2,1-3H3. The second-order valence-electron chi connectivity index (χ2n) is 3.32. The molecule has 0 saturated carbocycles. The summed E-state index contributed by atoms with van der Waals surface area (Å²) in [7, 11) is -0.784. The van der Waals surface area contributed by atoms with Crippen molar-refractivity contribution in [2.75, 3.05) is 14.1 Å². The van der Waals surface area contributed by atoms with Crippen LogP contribution in [0, 0.1) is 0 Å². The van der Waals surface area contributed by atoms with Crippen LogP contribution in [-0.4, -0.2) is 26.8 Å². The molecule has 0 aromatic heterocycles. The Kier molecular flexibility index (Phi) is 3.71. The van der Waals surface area contributed by atoms with E-state index in [4.69, 9.17) is 4.18 Å². The van der Waals surface area contributed by atoms with Gasteiger partial charge in [-0.15, -0.1) is 0 Å². The van der Waals surface area contributed by atoms with Gasteiger partial charge < -0.3 is 4.18 Å². The molecule has 0 radical (unpaired) electrons. The molecule has 0 unspecified atom stereocenters. The maximum Gasteiger partial charge on any atom is 0.384 e. The van der Waals surface area contributed by atoms with Crippen molar-refractivity contribution >= 4 is 10.3 Å². The van der Waals surface area contributed by atoms with E-state index in [2.05, 4.69) is 0 Å². The van der Waals surface area contributed by atoms with Crippen LogP contribution in [0.3, 0.4) is 0 Å². The summed E-state index contributed by atoms with van der Waals surface area (Å²) < 4.78 is 28.7. The molecule has 15 heavy (non-hydrogen) atoms. The maximum absolute atomic E-state index is 11.4. The van der Waals surface area contributed by atoms with Gasteiger partial charge in [0, 0.05) is 14.1 Å². The molecule has 0 aliphatic heterocycles. The van der Waals surface area contributed by atoms with Crippen LogP contribution < -0.4 is 4.18 Å². The Morgan fingerprint density at radius 2 is 2.00 bits per heavy atom. The van der Waals surface area contributed by atoms with Crippen LogP contribution in [0.2, 0.25) is 0 Å². The molecular formula is C10H15NO3S. The van der Waals surface area contributed by atoms with E-state index in [9.17, 15) is 8.42 Å². The summed E-state index contributed by atoms with van der Waals surface area (Å²) in [5, 5.41) is 0. The molecule has 0 atom stereocenters. The Morgan fingerprint density at radius 3 is 2.53 bits per heavy atom. The van der Waals surface area contributed by atoms with Gasteiger partial charge in [0.05, 0.1) is 0 Å². The lowest BCUT2D eigenvalue weighted by atomic mass is 10.2. The van der Waals surface area contributed by atoms with E-state index >= 15 is 0 Å². The average Bonchev–Trinajstić information content (AvgIpc) is 2.17. The van der Waals surface area contributed by atoms with E-state index in [1.54, 1.807) is 18.2 Å². The highest BCUT2D eigenvalue weighted by atomic mass is 32.2. The Labute approximate surface area is 90.7 Å². The Balaban J connectivity index is 2.90. The minimum absolute atomic E-state index is 0.350. The predicted molar refractivity (Wildman–Crippen MR) is 59.1 cm³/mol. The number of rotatable bonds is 4. The van der Waals surface area contributed by atoms with Crippen LogP contribution in [0.1, 0.15) is 12.5 Å². The molecular weight excluding hydrogens is 214 g/mol. The van der Waals surface area contributed by atoms with Gasteiger partial charge in [0.2, 0.25) is 0 Å². The number of hydrogen-bond donors (Lipinski definition) is 0. The topological polar surface area (TPSA) is 46.6 Å². The molecule has 1 aromatic rings. The minimum atomic E-state index is -3.64. The van der Waals surface area contributed by atoms with Gasteiger partial charge in [0.15, 0.2) is 0 Å². The monoisotopic (exact) mass is 229 g/mol. The smallest absolute Gasteiger partial charge is 0.371 e. The van der Waals surface area contributed by atoms with Crippen LogP contribution in [0.5, 0.6) is 5.75 Å². The molecule has 0 spiro atoms. The van der Waals surface area contributed by atoms with Gasteiger partial charge in [0.1, 0.15) is 5.75 Å². The molecule has 0 saturated heterocycles. The van der Waals surface area contributed by atoms with Gasteiger partial charge >= 0.3 is 10.3 Å². The summed E-state index contributed by atoms with van der Waals surface area (Å²) in [6.45, 7) is 2.00. The van der Waals surface area contributed by atoms with Gasteiger partial charge in [-0.25, -0.2) is 0 Å². The fourth-order valence-electron chi connectivity index (χ4n) is 1.01. The lowest BCUT2D eigenvalue weighted by molar-refractivity contribution is 0.421. The van der Waals surface area contributed by atoms with Crippen molar-refractivity contribution in [2.24, 2.45) is 0 Å². The molecule has 0 fully saturated rings. The van der Waals surface area contributed by atoms with Gasteiger partial charge in [-0.2, -0.15) is 12.7 Å². The van der Waals surface area contributed by atoms with Crippen LogP contribution in [0.25, 0.3) is 0 Å². The third-order valence-electron chi connectivity index (χ3n) is 1.96. The minimum Gasteiger partial charge on any atom is -0.371 e. The van der Waals surface area contributed by atoms with Gasteiger partial charge in [0.25, 0.3) is 0 Å². The third kappa shape index (κ3) is 3.21. The highest BCUT2D eigenvalue weighted by Crippen LogP contribution is 2.16. The van der Waals surface area contributed by atoms with E-state index < -0.39 is 10.3 Å². The van der Waals surface area contributed by atoms with E-state index in [1.165, 1.54) is 14.1 Å². The summed E-state index contributed by atoms with van der Waals surface area (Å²) in [6, 6.07) is 7.05. The largest absolute Gasteiger partial charge is 0.384 e. The predicted octanol–water partition coefficient (Wildman–Crippen LogP) is 1.43. The maximum atomic E-state index is 11.4. The molecule has 1 aromatic carbocycles. The SMILES string of the molecule is CCc1cccc(OS(=O)(=O)N(C)C)c1. The molecule has 84 valence electrons. The summed E-state index contributed by atoms with van der Waals surface area (Å²) in [6.07, 6.45) is 0.846. The molecule has 0 amide bonds. The fraction of sp³-hybridized carbons (Fsp3) is 0.400. The van der Waals surface area contributed by atoms with Gasteiger partial charge in [-0.1, -0.05) is 19.1 Å². The molecule has 4 nitrogen and oxygen atoms in total. The number of nitrogens with zero attached hydrogens (tertiary/aromatic N) is 1. The second kappa shape index (κ2) is 4.63. The van der Waals surface area contributed by atoms with Crippen molar-refractivity contribution in [3.63, 3.8) is 0 Å². The van der Waals surface area contributed by atoms with Crippen molar-refractivity contribution in [3.05, 3.63) is 29.8 Å². The highest BCUT2D eigenvalue weighted by molar-refractivity contribution is 7.84. The van der Waals surface area contributed by atoms with E-state index in [-0.39, 0.29) is 0 Å². The van der Waals surface area contributed by atoms with Crippen molar-refractivity contribution in [1.82, 2.24) is 4.31 Å². The summed E-state index contributed by atoms with van der Waals surface area (Å²) in [4.78, 5) is 0. The lowest BCUT2D eigenvalue weighted by Crippen LogP contribution is -2.27. The Bertz CT molecular complexity index is 426. The summed E-state index contributed by atoms with van der Waals surface area (Å²) in [5.41, 5.74) is 1.04. The normalized spacial score (nSPS) is 11.7. The molecule has 0 heterocycles. The van der Waals surface area contributed by atoms with E-state index in [1.807, 2.05) is 13.0 Å². The first-order valence-corrected chi connectivity index (χ1v) is 6.03. The fourth-order valence-corrected chi connectivity index (χ4v) is 1.51. The molecule has 5 heteroatoms. The van der Waals surface area contributed by atoms with Crippen molar-refractivity contribution in [2.45, 2.75) is 13.3 Å². The van der Waals surface area contributed by atoms with Crippen molar-refractivity contribution < 1.29 is 12.6 Å². The highest BCUT2D eigenvalue weighted by Gasteiger charge is 2.15. The second-order valence-corrected chi connectivity index (χ2v) is 5.08. The molecule has 1 rings (SSSR count). The molecule has 0 bridgehead atoms. The van der Waals surface area contributed by atoms with E-state index in [0.29, 0.717) is 5.75 Å². The van der Waals surface area contributed by atoms with E-state index in [0.717, 1.165) is 16.3 Å². The van der Waals surface area contributed by atoms with Gasteiger partial charge in [-0.05, 0) is 24.1 Å². The number of benzene rings is 1. The van der Waals surface area contributed by atoms with Crippen LogP contribution in [0.4, 0.5) is 0 Å². The third-order valence-corrected chi connectivity index (χ3v) is 3.25. The summed E-state index contributed by atoms with van der Waals surface area (Å²) >= 11 is 0. The number of hydrogen-bond acceptors (Lipinski definition) is 3.